The van der Waals surface area contributed by atoms with Crippen LogP contribution in [0.15, 0.2) is 48.8 Å². The molecule has 5 rings (SSSR count). The number of alkyl halides is 3. The molecular weight excluding hydrogens is 473 g/mol. The molecule has 0 aliphatic carbocycles. The highest BCUT2D eigenvalue weighted by molar-refractivity contribution is 6.08. The second-order valence-corrected chi connectivity index (χ2v) is 9.30. The molecule has 1 aliphatic rings. The summed E-state index contributed by atoms with van der Waals surface area (Å²) in [5.41, 5.74) is 1.02. The van der Waals surface area contributed by atoms with Crippen LogP contribution in [-0.4, -0.2) is 39.4 Å². The summed E-state index contributed by atoms with van der Waals surface area (Å²) in [4.78, 5) is 21.5. The third kappa shape index (κ3) is 3.83. The van der Waals surface area contributed by atoms with Gasteiger partial charge in [0.15, 0.2) is 11.7 Å². The smallest absolute Gasteiger partial charge is 0.416 e. The molecule has 0 radical (unpaired) electrons. The number of nitrogens with zero attached hydrogens (tertiary/aromatic N) is 2. The van der Waals surface area contributed by atoms with Crippen LogP contribution in [0.3, 0.4) is 0 Å². The normalized spacial score (nSPS) is 14.6. The van der Waals surface area contributed by atoms with E-state index in [1.165, 1.54) is 0 Å². The highest BCUT2D eigenvalue weighted by Gasteiger charge is 2.51. The lowest BCUT2D eigenvalue weighted by atomic mass is 9.86. The van der Waals surface area contributed by atoms with Gasteiger partial charge in [0.25, 0.3) is 0 Å². The Kier molecular flexibility index (Phi) is 5.63. The van der Waals surface area contributed by atoms with Crippen LogP contribution in [-0.2, 0) is 16.0 Å². The van der Waals surface area contributed by atoms with E-state index < -0.39 is 23.9 Å². The van der Waals surface area contributed by atoms with Crippen molar-refractivity contribution in [3.8, 4) is 16.9 Å². The molecule has 0 spiro atoms. The topological polar surface area (TPSA) is 81.5 Å². The molecule has 3 heterocycles. The third-order valence-electron chi connectivity index (χ3n) is 6.58. The molecular formula is C27H23F3N2O4. The summed E-state index contributed by atoms with van der Waals surface area (Å²) in [5.74, 6) is -0.872. The van der Waals surface area contributed by atoms with Crippen molar-refractivity contribution in [3.63, 3.8) is 0 Å². The number of hydrogen-bond donors (Lipinski definition) is 1. The Hall–Kier alpha value is -3.72. The predicted octanol–water partition coefficient (Wildman–Crippen LogP) is 6.18. The minimum Gasteiger partial charge on any atom is -0.493 e. The molecule has 1 atom stereocenters. The van der Waals surface area contributed by atoms with Crippen LogP contribution in [0, 0.1) is 6.92 Å². The van der Waals surface area contributed by atoms with Gasteiger partial charge in [-0.3, -0.25) is 9.97 Å². The molecule has 0 saturated heterocycles. The number of carboxylic acids is 1. The lowest BCUT2D eigenvalue weighted by molar-refractivity contribution is -0.277. The minimum absolute atomic E-state index is 0.125. The van der Waals surface area contributed by atoms with Gasteiger partial charge in [-0.15, -0.1) is 0 Å². The molecule has 2 aromatic carbocycles. The van der Waals surface area contributed by atoms with Crippen LogP contribution in [0.5, 0.6) is 5.75 Å². The molecule has 0 saturated carbocycles. The molecule has 0 bridgehead atoms. The number of hydrogen-bond acceptors (Lipinski definition) is 5. The maximum Gasteiger partial charge on any atom is 0.416 e. The molecule has 186 valence electrons. The lowest BCUT2D eigenvalue weighted by Crippen LogP contribution is -2.44. The summed E-state index contributed by atoms with van der Waals surface area (Å²) in [6, 6.07) is 10.6. The minimum atomic E-state index is -4.79. The molecule has 0 fully saturated rings. The second-order valence-electron chi connectivity index (χ2n) is 9.30. The number of carboxylic acid groups (broad SMARTS) is 1. The van der Waals surface area contributed by atoms with E-state index in [4.69, 9.17) is 9.47 Å². The number of ether oxygens (including phenoxy) is 2. The predicted molar refractivity (Wildman–Crippen MR) is 128 cm³/mol. The summed E-state index contributed by atoms with van der Waals surface area (Å²) >= 11 is 0. The van der Waals surface area contributed by atoms with Gasteiger partial charge >= 0.3 is 12.1 Å². The molecule has 0 amide bonds. The number of halogens is 3. The second kappa shape index (κ2) is 8.44. The fourth-order valence-corrected chi connectivity index (χ4v) is 4.69. The zero-order valence-electron chi connectivity index (χ0n) is 19.8. The first-order valence-corrected chi connectivity index (χ1v) is 11.4. The van der Waals surface area contributed by atoms with E-state index in [9.17, 15) is 23.1 Å². The van der Waals surface area contributed by atoms with Crippen molar-refractivity contribution < 1.29 is 32.5 Å². The molecule has 1 unspecified atom stereocenters. The monoisotopic (exact) mass is 496 g/mol. The van der Waals surface area contributed by atoms with Gasteiger partial charge in [-0.05, 0) is 67.8 Å². The van der Waals surface area contributed by atoms with Gasteiger partial charge in [0.05, 0.1) is 17.6 Å². The molecule has 9 heteroatoms. The number of aromatic nitrogens is 2. The van der Waals surface area contributed by atoms with Crippen molar-refractivity contribution in [2.24, 2.45) is 0 Å². The van der Waals surface area contributed by atoms with E-state index in [0.29, 0.717) is 51.9 Å². The molecule has 1 aliphatic heterocycles. The molecule has 2 aromatic heterocycles. The molecule has 6 nitrogen and oxygen atoms in total. The van der Waals surface area contributed by atoms with Gasteiger partial charge in [0.1, 0.15) is 5.75 Å². The first kappa shape index (κ1) is 24.0. The number of carbonyl (C=O) groups is 1. The summed E-state index contributed by atoms with van der Waals surface area (Å²) < 4.78 is 52.4. The zero-order chi connectivity index (χ0) is 25.8. The van der Waals surface area contributed by atoms with Crippen molar-refractivity contribution in [2.45, 2.75) is 45.1 Å². The van der Waals surface area contributed by atoms with Crippen LogP contribution in [0.4, 0.5) is 13.2 Å². The van der Waals surface area contributed by atoms with Crippen LogP contribution < -0.4 is 4.74 Å². The average molecular weight is 496 g/mol. The maximum absolute atomic E-state index is 13.7. The highest BCUT2D eigenvalue weighted by Crippen LogP contribution is 2.46. The maximum atomic E-state index is 13.7. The van der Waals surface area contributed by atoms with E-state index in [2.05, 4.69) is 9.97 Å². The summed E-state index contributed by atoms with van der Waals surface area (Å²) in [6.07, 6.45) is -2.73. The number of fused-ring (bicyclic) bond motifs is 1. The van der Waals surface area contributed by atoms with E-state index in [1.54, 1.807) is 49.6 Å². The summed E-state index contributed by atoms with van der Waals surface area (Å²) in [7, 11) is 0. The fraction of sp³-hybridized carbons (Fsp3) is 0.296. The van der Waals surface area contributed by atoms with Gasteiger partial charge in [-0.2, -0.15) is 13.2 Å². The van der Waals surface area contributed by atoms with Crippen molar-refractivity contribution >= 4 is 27.8 Å². The van der Waals surface area contributed by atoms with Crippen LogP contribution in [0.25, 0.3) is 32.9 Å². The summed E-state index contributed by atoms with van der Waals surface area (Å²) in [6.45, 7) is 3.81. The number of benzene rings is 2. The van der Waals surface area contributed by atoms with E-state index in [1.807, 2.05) is 6.07 Å². The molecule has 36 heavy (non-hydrogen) atoms. The first-order chi connectivity index (χ1) is 17.0. The Morgan fingerprint density at radius 2 is 1.92 bits per heavy atom. The van der Waals surface area contributed by atoms with Crippen molar-refractivity contribution in [3.05, 3.63) is 65.5 Å². The number of aryl methyl sites for hydroxylation is 1. The standard InChI is InChI=1S/C27H23F3N2O4/c1-14-13-18-16(5-4-10-31-18)22(20(14)24(25(33)34)36-26(2,3)27(28,29)30)17-6-7-19-21-15(9-12-35-19)8-11-32-23(17)21/h4-8,10-11,13,24H,9,12H2,1-3H3,(H,33,34). The first-order valence-electron chi connectivity index (χ1n) is 11.4. The van der Waals surface area contributed by atoms with E-state index in [0.717, 1.165) is 24.8 Å². The highest BCUT2D eigenvalue weighted by atomic mass is 19.4. The van der Waals surface area contributed by atoms with Gasteiger partial charge in [0, 0.05) is 40.7 Å². The Bertz CT molecular complexity index is 1500. The Labute approximate surface area is 204 Å². The fourth-order valence-electron chi connectivity index (χ4n) is 4.69. The van der Waals surface area contributed by atoms with Crippen LogP contribution in [0.1, 0.15) is 36.6 Å². The lowest BCUT2D eigenvalue weighted by Gasteiger charge is -2.32. The van der Waals surface area contributed by atoms with Crippen molar-refractivity contribution in [2.75, 3.05) is 6.61 Å². The van der Waals surface area contributed by atoms with Crippen LogP contribution in [0.2, 0.25) is 0 Å². The number of rotatable bonds is 5. The largest absolute Gasteiger partial charge is 0.493 e. The Morgan fingerprint density at radius 1 is 1.14 bits per heavy atom. The van der Waals surface area contributed by atoms with E-state index >= 15 is 0 Å². The molecule has 4 aromatic rings. The number of aliphatic carboxylic acids is 1. The van der Waals surface area contributed by atoms with Gasteiger partial charge in [-0.1, -0.05) is 6.07 Å². The van der Waals surface area contributed by atoms with Gasteiger partial charge in [0.2, 0.25) is 0 Å². The summed E-state index contributed by atoms with van der Waals surface area (Å²) in [5, 5.41) is 11.5. The molecule has 1 N–H and O–H groups in total. The average Bonchev–Trinajstić information content (AvgIpc) is 2.82. The SMILES string of the molecule is Cc1cc2ncccc2c(-c2ccc3c4c(ccnc24)CCO3)c1C(OC(C)(C)C(F)(F)F)C(=O)O. The van der Waals surface area contributed by atoms with Crippen molar-refractivity contribution in [1.29, 1.82) is 0 Å². The number of pyridine rings is 2. The van der Waals surface area contributed by atoms with E-state index in [-0.39, 0.29) is 5.56 Å². The van der Waals surface area contributed by atoms with Crippen LogP contribution >= 0.6 is 0 Å². The van der Waals surface area contributed by atoms with Crippen molar-refractivity contribution in [1.82, 2.24) is 9.97 Å². The van der Waals surface area contributed by atoms with Gasteiger partial charge in [-0.25, -0.2) is 4.79 Å². The Morgan fingerprint density at radius 3 is 2.64 bits per heavy atom. The quantitative estimate of drug-likeness (QED) is 0.356. The third-order valence-corrected chi connectivity index (χ3v) is 6.58. The Balaban J connectivity index is 1.86. The van der Waals surface area contributed by atoms with Gasteiger partial charge < -0.3 is 14.6 Å². The zero-order valence-corrected chi connectivity index (χ0v) is 19.8.